The first-order chi connectivity index (χ1) is 11.6. The topological polar surface area (TPSA) is 49.0 Å². The van der Waals surface area contributed by atoms with Crippen LogP contribution in [-0.2, 0) is 4.79 Å². The number of imidazole rings is 1. The first kappa shape index (κ1) is 17.0. The molecule has 1 fully saturated rings. The van der Waals surface area contributed by atoms with Gasteiger partial charge in [-0.25, -0.2) is 9.37 Å². The van der Waals surface area contributed by atoms with Crippen LogP contribution in [0.2, 0.25) is 0 Å². The molecule has 1 aliphatic heterocycles. The summed E-state index contributed by atoms with van der Waals surface area (Å²) in [6.45, 7) is 2.69. The van der Waals surface area contributed by atoms with Crippen LogP contribution in [-0.4, -0.2) is 38.8 Å². The van der Waals surface area contributed by atoms with Gasteiger partial charge in [0.2, 0.25) is 5.91 Å². The van der Waals surface area contributed by atoms with E-state index in [0.29, 0.717) is 11.3 Å². The lowest BCUT2D eigenvalue weighted by molar-refractivity contribution is -0.134. The SMILES string of the molecule is CSC(C)C(=O)N1CCCCC1c1ncc(-c2ccccc2F)[nH]1. The number of rotatable bonds is 4. The molecule has 2 unspecified atom stereocenters. The number of carbonyl (C=O) groups excluding carboxylic acids is 1. The zero-order valence-electron chi connectivity index (χ0n) is 14.0. The second-order valence-corrected chi connectivity index (χ2v) is 7.26. The van der Waals surface area contributed by atoms with Crippen LogP contribution < -0.4 is 0 Å². The maximum Gasteiger partial charge on any atom is 0.236 e. The van der Waals surface area contributed by atoms with Crippen molar-refractivity contribution in [2.24, 2.45) is 0 Å². The molecule has 1 aromatic carbocycles. The van der Waals surface area contributed by atoms with Crippen LogP contribution in [0.25, 0.3) is 11.3 Å². The Balaban J connectivity index is 1.87. The summed E-state index contributed by atoms with van der Waals surface area (Å²) in [4.78, 5) is 22.3. The van der Waals surface area contributed by atoms with E-state index in [9.17, 15) is 9.18 Å². The first-order valence-electron chi connectivity index (χ1n) is 8.25. The number of hydrogen-bond acceptors (Lipinski definition) is 3. The molecule has 1 amide bonds. The number of carbonyl (C=O) groups is 1. The minimum Gasteiger partial charge on any atom is -0.340 e. The van der Waals surface area contributed by atoms with Crippen molar-refractivity contribution in [3.8, 4) is 11.3 Å². The van der Waals surface area contributed by atoms with Gasteiger partial charge < -0.3 is 9.88 Å². The summed E-state index contributed by atoms with van der Waals surface area (Å²) in [5.41, 5.74) is 1.15. The third kappa shape index (κ3) is 3.34. The average Bonchev–Trinajstić information content (AvgIpc) is 3.10. The zero-order chi connectivity index (χ0) is 17.1. The van der Waals surface area contributed by atoms with Crippen LogP contribution in [0.15, 0.2) is 30.5 Å². The molecule has 1 aromatic heterocycles. The van der Waals surface area contributed by atoms with Crippen LogP contribution in [0, 0.1) is 5.82 Å². The molecule has 0 spiro atoms. The van der Waals surface area contributed by atoms with Crippen molar-refractivity contribution in [3.05, 3.63) is 42.1 Å². The number of aromatic amines is 1. The van der Waals surface area contributed by atoms with Gasteiger partial charge in [-0.3, -0.25) is 4.79 Å². The lowest BCUT2D eigenvalue weighted by Crippen LogP contribution is -2.42. The molecule has 0 radical (unpaired) electrons. The number of aromatic nitrogens is 2. The molecule has 0 aliphatic carbocycles. The fourth-order valence-corrected chi connectivity index (χ4v) is 3.47. The fourth-order valence-electron chi connectivity index (χ4n) is 3.14. The van der Waals surface area contributed by atoms with Crippen molar-refractivity contribution in [1.82, 2.24) is 14.9 Å². The van der Waals surface area contributed by atoms with Gasteiger partial charge in [0.25, 0.3) is 0 Å². The van der Waals surface area contributed by atoms with Gasteiger partial charge in [-0.05, 0) is 44.6 Å². The predicted molar refractivity (Wildman–Crippen MR) is 95.3 cm³/mol. The number of amides is 1. The Hall–Kier alpha value is -1.82. The summed E-state index contributed by atoms with van der Waals surface area (Å²) < 4.78 is 14.0. The van der Waals surface area contributed by atoms with Gasteiger partial charge in [0.05, 0.1) is 23.2 Å². The van der Waals surface area contributed by atoms with E-state index in [-0.39, 0.29) is 23.0 Å². The van der Waals surface area contributed by atoms with Crippen LogP contribution in [0.5, 0.6) is 0 Å². The van der Waals surface area contributed by atoms with Crippen molar-refractivity contribution >= 4 is 17.7 Å². The molecule has 24 heavy (non-hydrogen) atoms. The lowest BCUT2D eigenvalue weighted by atomic mass is 10.0. The Kier molecular flexibility index (Phi) is 5.23. The number of halogens is 1. The summed E-state index contributed by atoms with van der Waals surface area (Å²) in [5.74, 6) is 0.617. The van der Waals surface area contributed by atoms with E-state index in [1.54, 1.807) is 36.2 Å². The van der Waals surface area contributed by atoms with Gasteiger partial charge >= 0.3 is 0 Å². The van der Waals surface area contributed by atoms with Gasteiger partial charge in [-0.2, -0.15) is 11.8 Å². The molecule has 6 heteroatoms. The summed E-state index contributed by atoms with van der Waals surface area (Å²) in [6, 6.07) is 6.58. The maximum absolute atomic E-state index is 14.0. The van der Waals surface area contributed by atoms with Crippen LogP contribution in [0.3, 0.4) is 0 Å². The smallest absolute Gasteiger partial charge is 0.236 e. The highest BCUT2D eigenvalue weighted by Crippen LogP contribution is 2.32. The van der Waals surface area contributed by atoms with E-state index >= 15 is 0 Å². The Morgan fingerprint density at radius 3 is 2.96 bits per heavy atom. The second kappa shape index (κ2) is 7.38. The monoisotopic (exact) mass is 347 g/mol. The van der Waals surface area contributed by atoms with Crippen molar-refractivity contribution < 1.29 is 9.18 Å². The number of nitrogens with zero attached hydrogens (tertiary/aromatic N) is 2. The third-order valence-electron chi connectivity index (χ3n) is 4.56. The zero-order valence-corrected chi connectivity index (χ0v) is 14.8. The molecule has 0 bridgehead atoms. The number of benzene rings is 1. The quantitative estimate of drug-likeness (QED) is 0.909. The summed E-state index contributed by atoms with van der Waals surface area (Å²) in [5, 5.41) is -0.0633. The first-order valence-corrected chi connectivity index (χ1v) is 9.53. The van der Waals surface area contributed by atoms with Crippen LogP contribution in [0.1, 0.15) is 38.1 Å². The average molecular weight is 347 g/mol. The molecule has 1 N–H and O–H groups in total. The van der Waals surface area contributed by atoms with E-state index in [4.69, 9.17) is 0 Å². The van der Waals surface area contributed by atoms with Crippen molar-refractivity contribution in [3.63, 3.8) is 0 Å². The number of piperidine rings is 1. The Bertz CT molecular complexity index is 718. The number of thioether (sulfide) groups is 1. The van der Waals surface area contributed by atoms with Gasteiger partial charge in [0.1, 0.15) is 11.6 Å². The number of nitrogens with one attached hydrogen (secondary N) is 1. The van der Waals surface area contributed by atoms with Crippen molar-refractivity contribution in [1.29, 1.82) is 0 Å². The van der Waals surface area contributed by atoms with Crippen LogP contribution >= 0.6 is 11.8 Å². The fraction of sp³-hybridized carbons (Fsp3) is 0.444. The number of hydrogen-bond donors (Lipinski definition) is 1. The molecule has 2 aromatic rings. The van der Waals surface area contributed by atoms with Gasteiger partial charge in [0.15, 0.2) is 0 Å². The van der Waals surface area contributed by atoms with Crippen LogP contribution in [0.4, 0.5) is 4.39 Å². The molecule has 1 saturated heterocycles. The molecular weight excluding hydrogens is 325 g/mol. The minimum atomic E-state index is -0.278. The largest absolute Gasteiger partial charge is 0.340 e. The Morgan fingerprint density at radius 2 is 2.21 bits per heavy atom. The summed E-state index contributed by atoms with van der Waals surface area (Å²) >= 11 is 1.56. The summed E-state index contributed by atoms with van der Waals surface area (Å²) in [7, 11) is 0. The number of likely N-dealkylation sites (tertiary alicyclic amines) is 1. The highest BCUT2D eigenvalue weighted by Gasteiger charge is 2.32. The van der Waals surface area contributed by atoms with E-state index < -0.39 is 0 Å². The second-order valence-electron chi connectivity index (χ2n) is 6.08. The maximum atomic E-state index is 14.0. The van der Waals surface area contributed by atoms with Gasteiger partial charge in [-0.1, -0.05) is 12.1 Å². The minimum absolute atomic E-state index is 0.0543. The molecule has 4 nitrogen and oxygen atoms in total. The standard InChI is InChI=1S/C18H22FN3OS/c1-12(24-2)18(23)22-10-6-5-9-16(22)17-20-11-15(21-17)13-7-3-4-8-14(13)19/h3-4,7-8,11-12,16H,5-6,9-10H2,1-2H3,(H,20,21). The molecular formula is C18H22FN3OS. The Labute approximate surface area is 145 Å². The molecule has 0 saturated carbocycles. The van der Waals surface area contributed by atoms with Gasteiger partial charge in [-0.15, -0.1) is 0 Å². The van der Waals surface area contributed by atoms with E-state index in [0.717, 1.165) is 31.6 Å². The highest BCUT2D eigenvalue weighted by molar-refractivity contribution is 7.99. The molecule has 2 atom stereocenters. The van der Waals surface area contributed by atoms with Crippen molar-refractivity contribution in [2.45, 2.75) is 37.5 Å². The van der Waals surface area contributed by atoms with E-state index in [1.165, 1.54) is 6.07 Å². The molecule has 1 aliphatic rings. The Morgan fingerprint density at radius 1 is 1.42 bits per heavy atom. The number of H-pyrrole nitrogens is 1. The van der Waals surface area contributed by atoms with Gasteiger partial charge in [0, 0.05) is 12.1 Å². The summed E-state index contributed by atoms with van der Waals surface area (Å²) in [6.07, 6.45) is 6.58. The normalized spacial score (nSPS) is 19.3. The molecule has 128 valence electrons. The highest BCUT2D eigenvalue weighted by atomic mass is 32.2. The molecule has 2 heterocycles. The predicted octanol–water partition coefficient (Wildman–Crippen LogP) is 4.02. The van der Waals surface area contributed by atoms with E-state index in [1.807, 2.05) is 18.1 Å². The van der Waals surface area contributed by atoms with Crippen molar-refractivity contribution in [2.75, 3.05) is 12.8 Å². The third-order valence-corrected chi connectivity index (χ3v) is 5.47. The lowest BCUT2D eigenvalue weighted by Gasteiger charge is -2.36. The van der Waals surface area contributed by atoms with E-state index in [2.05, 4.69) is 9.97 Å². The molecule has 3 rings (SSSR count).